The van der Waals surface area contributed by atoms with Crippen LogP contribution < -0.4 is 10.1 Å². The number of benzene rings is 2. The molecule has 3 aromatic rings. The molecule has 164 valence electrons. The standard InChI is InChI=1S/C25H27N5O2/c1-25(2,31)16-30-15-20(14-28-30)29-23-11-21(8-7-19(23)13-27)32-24-5-3-4-18-10-17(12-26)6-9-22(18)24/h6-11,13-15,24,27,29,31H,3-5,16H2,1-2H3/t24-/m0/s1. The molecule has 1 atom stereocenters. The van der Waals surface area contributed by atoms with Gasteiger partial charge in [0.15, 0.2) is 0 Å². The number of nitriles is 1. The molecule has 4 rings (SSSR count). The Bertz CT molecular complexity index is 1170. The topological polar surface area (TPSA) is 107 Å². The first kappa shape index (κ1) is 21.6. The molecule has 1 aromatic heterocycles. The Morgan fingerprint density at radius 1 is 1.34 bits per heavy atom. The fourth-order valence-corrected chi connectivity index (χ4v) is 4.04. The van der Waals surface area contributed by atoms with Crippen LogP contribution in [0.25, 0.3) is 0 Å². The van der Waals surface area contributed by atoms with E-state index in [1.165, 1.54) is 11.8 Å². The minimum atomic E-state index is -0.860. The van der Waals surface area contributed by atoms with Gasteiger partial charge in [0.2, 0.25) is 0 Å². The van der Waals surface area contributed by atoms with E-state index in [-0.39, 0.29) is 6.10 Å². The van der Waals surface area contributed by atoms with Crippen LogP contribution in [0, 0.1) is 16.7 Å². The van der Waals surface area contributed by atoms with Crippen LogP contribution >= 0.6 is 0 Å². The Hall–Kier alpha value is -3.63. The second kappa shape index (κ2) is 8.85. The van der Waals surface area contributed by atoms with Gasteiger partial charge in [-0.2, -0.15) is 10.4 Å². The highest BCUT2D eigenvalue weighted by atomic mass is 16.5. The summed E-state index contributed by atoms with van der Waals surface area (Å²) in [6.07, 6.45) is 7.63. The van der Waals surface area contributed by atoms with Crippen molar-refractivity contribution in [2.24, 2.45) is 0 Å². The van der Waals surface area contributed by atoms with Crippen molar-refractivity contribution >= 4 is 17.6 Å². The molecule has 1 heterocycles. The van der Waals surface area contributed by atoms with E-state index in [1.807, 2.05) is 42.6 Å². The second-order valence-corrected chi connectivity index (χ2v) is 8.78. The average Bonchev–Trinajstić information content (AvgIpc) is 3.18. The van der Waals surface area contributed by atoms with Crippen LogP contribution in [0.2, 0.25) is 0 Å². The Morgan fingerprint density at radius 2 is 2.19 bits per heavy atom. The monoisotopic (exact) mass is 429 g/mol. The lowest BCUT2D eigenvalue weighted by atomic mass is 9.88. The van der Waals surface area contributed by atoms with Crippen molar-refractivity contribution in [1.29, 1.82) is 10.7 Å². The highest BCUT2D eigenvalue weighted by Crippen LogP contribution is 2.35. The molecular weight excluding hydrogens is 402 g/mol. The quantitative estimate of drug-likeness (QED) is 0.471. The van der Waals surface area contributed by atoms with E-state index in [0.717, 1.165) is 41.8 Å². The minimum absolute atomic E-state index is 0.0697. The Labute approximate surface area is 187 Å². The van der Waals surface area contributed by atoms with Gasteiger partial charge in [-0.1, -0.05) is 6.07 Å². The first-order chi connectivity index (χ1) is 15.3. The van der Waals surface area contributed by atoms with Crippen molar-refractivity contribution in [3.05, 3.63) is 71.0 Å². The molecule has 0 bridgehead atoms. The van der Waals surface area contributed by atoms with Crippen molar-refractivity contribution in [1.82, 2.24) is 9.78 Å². The van der Waals surface area contributed by atoms with Gasteiger partial charge >= 0.3 is 0 Å². The van der Waals surface area contributed by atoms with Gasteiger partial charge in [-0.15, -0.1) is 0 Å². The average molecular weight is 430 g/mol. The second-order valence-electron chi connectivity index (χ2n) is 8.78. The summed E-state index contributed by atoms with van der Waals surface area (Å²) in [6.45, 7) is 3.85. The molecule has 32 heavy (non-hydrogen) atoms. The van der Waals surface area contributed by atoms with E-state index in [2.05, 4.69) is 16.5 Å². The van der Waals surface area contributed by atoms with Gasteiger partial charge in [-0.3, -0.25) is 4.68 Å². The molecule has 2 aromatic carbocycles. The summed E-state index contributed by atoms with van der Waals surface area (Å²) >= 11 is 0. The lowest BCUT2D eigenvalue weighted by molar-refractivity contribution is 0.0578. The Balaban J connectivity index is 1.55. The molecule has 7 heteroatoms. The van der Waals surface area contributed by atoms with Crippen molar-refractivity contribution in [3.8, 4) is 11.8 Å². The van der Waals surface area contributed by atoms with Crippen LogP contribution in [0.15, 0.2) is 48.8 Å². The third-order valence-corrected chi connectivity index (χ3v) is 5.45. The number of fused-ring (bicyclic) bond motifs is 1. The van der Waals surface area contributed by atoms with Crippen molar-refractivity contribution in [3.63, 3.8) is 0 Å². The fraction of sp³-hybridized carbons (Fsp3) is 0.320. The highest BCUT2D eigenvalue weighted by Gasteiger charge is 2.22. The number of nitrogens with one attached hydrogen (secondary N) is 2. The van der Waals surface area contributed by atoms with Gasteiger partial charge in [0.05, 0.1) is 41.4 Å². The molecule has 0 aliphatic heterocycles. The molecular formula is C25H27N5O2. The van der Waals surface area contributed by atoms with Crippen molar-refractivity contribution in [2.45, 2.75) is 51.4 Å². The zero-order chi connectivity index (χ0) is 22.7. The lowest BCUT2D eigenvalue weighted by Gasteiger charge is -2.27. The molecule has 0 radical (unpaired) electrons. The maximum atomic E-state index is 10.00. The van der Waals surface area contributed by atoms with Crippen molar-refractivity contribution < 1.29 is 9.84 Å². The molecule has 0 saturated carbocycles. The largest absolute Gasteiger partial charge is 0.486 e. The third-order valence-electron chi connectivity index (χ3n) is 5.45. The van der Waals surface area contributed by atoms with Crippen LogP contribution in [0.4, 0.5) is 11.4 Å². The summed E-state index contributed by atoms with van der Waals surface area (Å²) in [4.78, 5) is 0. The van der Waals surface area contributed by atoms with Gasteiger partial charge in [0.1, 0.15) is 11.9 Å². The van der Waals surface area contributed by atoms with Crippen LogP contribution in [-0.4, -0.2) is 26.7 Å². The molecule has 0 saturated heterocycles. The zero-order valence-corrected chi connectivity index (χ0v) is 18.3. The van der Waals surface area contributed by atoms with Gasteiger partial charge in [0, 0.05) is 24.0 Å². The Kier molecular flexibility index (Phi) is 5.97. The number of aryl methyl sites for hydroxylation is 1. The molecule has 1 aliphatic rings. The highest BCUT2D eigenvalue weighted by molar-refractivity contribution is 5.87. The van der Waals surface area contributed by atoms with Gasteiger partial charge in [0.25, 0.3) is 0 Å². The molecule has 1 aliphatic carbocycles. The van der Waals surface area contributed by atoms with Gasteiger partial charge in [-0.25, -0.2) is 0 Å². The first-order valence-corrected chi connectivity index (χ1v) is 10.7. The molecule has 0 fully saturated rings. The number of hydrogen-bond donors (Lipinski definition) is 3. The summed E-state index contributed by atoms with van der Waals surface area (Å²) < 4.78 is 8.03. The number of nitrogens with zero attached hydrogens (tertiary/aromatic N) is 3. The fourth-order valence-electron chi connectivity index (χ4n) is 4.04. The van der Waals surface area contributed by atoms with E-state index in [9.17, 15) is 10.4 Å². The maximum absolute atomic E-state index is 10.00. The summed E-state index contributed by atoms with van der Waals surface area (Å²) in [5.41, 5.74) is 4.37. The summed E-state index contributed by atoms with van der Waals surface area (Å²) in [6, 6.07) is 13.6. The number of anilines is 2. The van der Waals surface area contributed by atoms with Gasteiger partial charge in [-0.05, 0) is 68.5 Å². The number of rotatable bonds is 7. The minimum Gasteiger partial charge on any atom is -0.486 e. The van der Waals surface area contributed by atoms with Crippen LogP contribution in [0.5, 0.6) is 5.75 Å². The number of ether oxygens (including phenoxy) is 1. The molecule has 7 nitrogen and oxygen atoms in total. The van der Waals surface area contributed by atoms with Crippen molar-refractivity contribution in [2.75, 3.05) is 5.32 Å². The number of aliphatic hydroxyl groups is 1. The summed E-state index contributed by atoms with van der Waals surface area (Å²) in [5.74, 6) is 0.712. The SMILES string of the molecule is CC(C)(O)Cn1cc(Nc2cc(O[C@H]3CCCc4cc(C#N)ccc43)ccc2C=N)cn1. The molecule has 3 N–H and O–H groups in total. The summed E-state index contributed by atoms with van der Waals surface area (Å²) in [7, 11) is 0. The number of aromatic nitrogens is 2. The zero-order valence-electron chi connectivity index (χ0n) is 18.3. The van der Waals surface area contributed by atoms with Crippen LogP contribution in [0.1, 0.15) is 55.0 Å². The van der Waals surface area contributed by atoms with Crippen LogP contribution in [-0.2, 0) is 13.0 Å². The summed E-state index contributed by atoms with van der Waals surface area (Å²) in [5, 5.41) is 34.5. The predicted octanol–water partition coefficient (Wildman–Crippen LogP) is 4.72. The first-order valence-electron chi connectivity index (χ1n) is 10.7. The molecule has 0 unspecified atom stereocenters. The van der Waals surface area contributed by atoms with Crippen LogP contribution in [0.3, 0.4) is 0 Å². The van der Waals surface area contributed by atoms with E-state index in [4.69, 9.17) is 10.1 Å². The molecule has 0 spiro atoms. The van der Waals surface area contributed by atoms with E-state index in [1.54, 1.807) is 24.7 Å². The van der Waals surface area contributed by atoms with E-state index < -0.39 is 5.60 Å². The number of hydrogen-bond acceptors (Lipinski definition) is 6. The smallest absolute Gasteiger partial charge is 0.124 e. The van der Waals surface area contributed by atoms with E-state index in [0.29, 0.717) is 17.9 Å². The van der Waals surface area contributed by atoms with E-state index >= 15 is 0 Å². The Morgan fingerprint density at radius 3 is 2.94 bits per heavy atom. The third kappa shape index (κ3) is 4.98. The van der Waals surface area contributed by atoms with Gasteiger partial charge < -0.3 is 20.6 Å². The molecule has 0 amide bonds. The predicted molar refractivity (Wildman–Crippen MR) is 124 cm³/mol. The normalized spacial score (nSPS) is 15.5. The lowest BCUT2D eigenvalue weighted by Crippen LogP contribution is -2.26. The maximum Gasteiger partial charge on any atom is 0.124 e.